The Kier molecular flexibility index (Phi) is 2.79. The van der Waals surface area contributed by atoms with Gasteiger partial charge in [-0.1, -0.05) is 31.9 Å². The molecule has 1 aromatic heterocycles. The highest BCUT2D eigenvalue weighted by molar-refractivity contribution is 9.10. The minimum atomic E-state index is -0.492. The second-order valence-electron chi connectivity index (χ2n) is 3.73. The number of nitrogens with zero attached hydrogens (tertiary/aromatic N) is 2. The van der Waals surface area contributed by atoms with Gasteiger partial charge in [-0.3, -0.25) is 0 Å². The van der Waals surface area contributed by atoms with Gasteiger partial charge >= 0.3 is 0 Å². The first-order valence-corrected chi connectivity index (χ1v) is 6.55. The molecule has 0 aliphatic carbocycles. The Bertz CT molecular complexity index is 722. The van der Waals surface area contributed by atoms with Gasteiger partial charge in [0.05, 0.1) is 11.0 Å². The van der Waals surface area contributed by atoms with Crippen molar-refractivity contribution in [3.8, 4) is 0 Å². The zero-order valence-electron chi connectivity index (χ0n) is 8.72. The minimum Gasteiger partial charge on any atom is -0.241 e. The second kappa shape index (κ2) is 4.20. The Balaban J connectivity index is 2.51. The van der Waals surface area contributed by atoms with E-state index < -0.39 is 11.6 Å². The maximum atomic E-state index is 13.7. The highest BCUT2D eigenvalue weighted by Gasteiger charge is 2.11. The Hall–Kier alpha value is -1.14. The van der Waals surface area contributed by atoms with Crippen molar-refractivity contribution in [3.05, 3.63) is 44.8 Å². The summed E-state index contributed by atoms with van der Waals surface area (Å²) in [5.41, 5.74) is 0.887. The third-order valence-electron chi connectivity index (χ3n) is 2.48. The Labute approximate surface area is 117 Å². The fourth-order valence-corrected chi connectivity index (χ4v) is 2.57. The molecule has 0 radical (unpaired) electrons. The lowest BCUT2D eigenvalue weighted by Gasteiger charge is -2.04. The van der Waals surface area contributed by atoms with Crippen molar-refractivity contribution < 1.29 is 8.78 Å². The molecule has 0 spiro atoms. The molecule has 0 unspecified atom stereocenters. The lowest BCUT2D eigenvalue weighted by atomic mass is 10.2. The summed E-state index contributed by atoms with van der Waals surface area (Å²) in [4.78, 5) is 8.22. The number of aromatic nitrogens is 2. The van der Waals surface area contributed by atoms with Crippen LogP contribution in [0.4, 0.5) is 8.78 Å². The van der Waals surface area contributed by atoms with Gasteiger partial charge in [0.2, 0.25) is 0 Å². The van der Waals surface area contributed by atoms with Gasteiger partial charge in [0, 0.05) is 8.95 Å². The summed E-state index contributed by atoms with van der Waals surface area (Å²) in [7, 11) is 0. The molecule has 0 atom stereocenters. The molecular formula is C12H4Br2F2N2. The minimum absolute atomic E-state index is 0.128. The lowest BCUT2D eigenvalue weighted by Crippen LogP contribution is -1.93. The summed E-state index contributed by atoms with van der Waals surface area (Å²) < 4.78 is 28.6. The summed E-state index contributed by atoms with van der Waals surface area (Å²) in [6, 6.07) is 5.81. The fraction of sp³-hybridized carbons (Fsp3) is 0. The van der Waals surface area contributed by atoms with Gasteiger partial charge < -0.3 is 0 Å². The van der Waals surface area contributed by atoms with Crippen molar-refractivity contribution >= 4 is 53.9 Å². The first kappa shape index (κ1) is 11.9. The number of hydrogen-bond acceptors (Lipinski definition) is 2. The molecule has 0 aliphatic heterocycles. The summed E-state index contributed by atoms with van der Waals surface area (Å²) in [5.74, 6) is -0.983. The zero-order valence-corrected chi connectivity index (χ0v) is 11.9. The molecule has 3 rings (SSSR count). The smallest absolute Gasteiger partial charge is 0.152 e. The van der Waals surface area contributed by atoms with Crippen molar-refractivity contribution in [3.63, 3.8) is 0 Å². The lowest BCUT2D eigenvalue weighted by molar-refractivity contribution is 0.632. The van der Waals surface area contributed by atoms with Crippen LogP contribution in [0.25, 0.3) is 22.1 Å². The molecule has 0 saturated carbocycles. The standard InChI is InChI=1S/C12H4Br2F2N2/c13-5-1-7(15)11-9(3-5)18-12-8(16)2-6(14)4-10(12)17-11/h1-4H. The quantitative estimate of drug-likeness (QED) is 0.539. The van der Waals surface area contributed by atoms with Crippen LogP contribution >= 0.6 is 31.9 Å². The van der Waals surface area contributed by atoms with Crippen LogP contribution in [0.1, 0.15) is 0 Å². The number of hydrogen-bond donors (Lipinski definition) is 0. The maximum absolute atomic E-state index is 13.7. The molecule has 0 amide bonds. The molecular weight excluding hydrogens is 370 g/mol. The third-order valence-corrected chi connectivity index (χ3v) is 3.40. The highest BCUT2D eigenvalue weighted by atomic mass is 79.9. The average Bonchev–Trinajstić information content (AvgIpc) is 2.27. The molecule has 0 N–H and O–H groups in total. The molecule has 0 aliphatic rings. The molecule has 3 aromatic rings. The van der Waals surface area contributed by atoms with Crippen molar-refractivity contribution in [1.29, 1.82) is 0 Å². The van der Waals surface area contributed by atoms with Crippen LogP contribution in [-0.4, -0.2) is 9.97 Å². The van der Waals surface area contributed by atoms with E-state index in [4.69, 9.17) is 0 Å². The third kappa shape index (κ3) is 1.89. The van der Waals surface area contributed by atoms with E-state index in [-0.39, 0.29) is 11.0 Å². The SMILES string of the molecule is Fc1cc(Br)cc2nc3c(F)cc(Br)cc3nc12. The number of rotatable bonds is 0. The summed E-state index contributed by atoms with van der Waals surface area (Å²) in [5, 5.41) is 0. The van der Waals surface area contributed by atoms with Crippen LogP contribution < -0.4 is 0 Å². The van der Waals surface area contributed by atoms with Gasteiger partial charge in [-0.25, -0.2) is 18.7 Å². The van der Waals surface area contributed by atoms with Gasteiger partial charge in [0.25, 0.3) is 0 Å². The Morgan fingerprint density at radius 1 is 0.722 bits per heavy atom. The van der Waals surface area contributed by atoms with Crippen molar-refractivity contribution in [2.45, 2.75) is 0 Å². The normalized spacial score (nSPS) is 11.3. The second-order valence-corrected chi connectivity index (χ2v) is 5.57. The molecule has 6 heteroatoms. The summed E-state index contributed by atoms with van der Waals surface area (Å²) >= 11 is 6.34. The van der Waals surface area contributed by atoms with E-state index in [1.807, 2.05) is 0 Å². The van der Waals surface area contributed by atoms with E-state index in [9.17, 15) is 8.78 Å². The highest BCUT2D eigenvalue weighted by Crippen LogP contribution is 2.26. The average molecular weight is 374 g/mol. The van der Waals surface area contributed by atoms with Gasteiger partial charge in [0.1, 0.15) is 11.0 Å². The van der Waals surface area contributed by atoms with Crippen molar-refractivity contribution in [2.75, 3.05) is 0 Å². The Morgan fingerprint density at radius 2 is 1.11 bits per heavy atom. The first-order valence-electron chi connectivity index (χ1n) is 4.96. The summed E-state index contributed by atoms with van der Waals surface area (Å²) in [6.07, 6.45) is 0. The van der Waals surface area contributed by atoms with Crippen LogP contribution in [0.5, 0.6) is 0 Å². The van der Waals surface area contributed by atoms with Crippen molar-refractivity contribution in [2.24, 2.45) is 0 Å². The van der Waals surface area contributed by atoms with E-state index in [1.54, 1.807) is 12.1 Å². The molecule has 0 bridgehead atoms. The van der Waals surface area contributed by atoms with Gasteiger partial charge in [-0.15, -0.1) is 0 Å². The van der Waals surface area contributed by atoms with E-state index in [0.717, 1.165) is 0 Å². The molecule has 0 saturated heterocycles. The topological polar surface area (TPSA) is 25.8 Å². The molecule has 2 aromatic carbocycles. The molecule has 2 nitrogen and oxygen atoms in total. The molecule has 90 valence electrons. The van der Waals surface area contributed by atoms with Gasteiger partial charge in [-0.2, -0.15) is 0 Å². The van der Waals surface area contributed by atoms with Gasteiger partial charge in [0.15, 0.2) is 11.6 Å². The molecule has 1 heterocycles. The fourth-order valence-electron chi connectivity index (χ4n) is 1.74. The summed E-state index contributed by atoms with van der Waals surface area (Å²) in [6.45, 7) is 0. The van der Waals surface area contributed by atoms with Crippen LogP contribution in [-0.2, 0) is 0 Å². The Morgan fingerprint density at radius 3 is 1.50 bits per heavy atom. The number of halogens is 4. The van der Waals surface area contributed by atoms with E-state index >= 15 is 0 Å². The maximum Gasteiger partial charge on any atom is 0.152 e. The van der Waals surface area contributed by atoms with E-state index in [0.29, 0.717) is 20.0 Å². The first-order chi connectivity index (χ1) is 8.54. The predicted octanol–water partition coefficient (Wildman–Crippen LogP) is 4.59. The monoisotopic (exact) mass is 372 g/mol. The van der Waals surface area contributed by atoms with Crippen LogP contribution in [0.3, 0.4) is 0 Å². The van der Waals surface area contributed by atoms with Gasteiger partial charge in [-0.05, 0) is 24.3 Å². The molecule has 18 heavy (non-hydrogen) atoms. The number of fused-ring (bicyclic) bond motifs is 2. The number of benzene rings is 2. The molecule has 0 fully saturated rings. The van der Waals surface area contributed by atoms with E-state index in [2.05, 4.69) is 41.8 Å². The van der Waals surface area contributed by atoms with Crippen molar-refractivity contribution in [1.82, 2.24) is 9.97 Å². The van der Waals surface area contributed by atoms with Crippen LogP contribution in [0, 0.1) is 11.6 Å². The van der Waals surface area contributed by atoms with E-state index in [1.165, 1.54) is 12.1 Å². The van der Waals surface area contributed by atoms with Crippen LogP contribution in [0.15, 0.2) is 33.2 Å². The zero-order chi connectivity index (χ0) is 12.9. The largest absolute Gasteiger partial charge is 0.241 e. The predicted molar refractivity (Wildman–Crippen MR) is 72.4 cm³/mol. The van der Waals surface area contributed by atoms with Crippen LogP contribution in [0.2, 0.25) is 0 Å².